The topological polar surface area (TPSA) is 154 Å². The zero-order chi connectivity index (χ0) is 28.3. The molecule has 1 atom stereocenters. The molecular weight excluding hydrogens is 604 g/mol. The maximum Gasteiger partial charge on any atom is 0.273 e. The van der Waals surface area contributed by atoms with Crippen molar-refractivity contribution in [2.45, 2.75) is 30.6 Å². The van der Waals surface area contributed by atoms with Gasteiger partial charge in [-0.05, 0) is 68.0 Å². The average Bonchev–Trinajstić information content (AvgIpc) is 3.40. The molecule has 13 heteroatoms. The van der Waals surface area contributed by atoms with Crippen molar-refractivity contribution in [3.63, 3.8) is 0 Å². The van der Waals surface area contributed by atoms with Crippen LogP contribution in [-0.4, -0.2) is 42.4 Å². The summed E-state index contributed by atoms with van der Waals surface area (Å²) in [5, 5.41) is 12.6. The molecule has 0 bridgehead atoms. The summed E-state index contributed by atoms with van der Waals surface area (Å²) in [6.45, 7) is 1.34. The van der Waals surface area contributed by atoms with Crippen LogP contribution < -0.4 is 9.46 Å². The van der Waals surface area contributed by atoms with E-state index in [-0.39, 0.29) is 21.9 Å². The Kier molecular flexibility index (Phi) is 8.14. The first-order valence-corrected chi connectivity index (χ1v) is 14.8. The van der Waals surface area contributed by atoms with E-state index in [2.05, 4.69) is 25.9 Å². The quantitative estimate of drug-likeness (QED) is 0.182. The first kappa shape index (κ1) is 27.7. The number of nitrogens with zero attached hydrogens (tertiary/aromatic N) is 2. The van der Waals surface area contributed by atoms with E-state index in [1.54, 1.807) is 18.3 Å². The van der Waals surface area contributed by atoms with Crippen LogP contribution in [0.3, 0.4) is 0 Å². The molecule has 3 heterocycles. The number of halogens is 1. The molecular formula is C27H25BrN4O7S. The molecule has 0 radical (unpaired) electrons. The molecule has 1 unspecified atom stereocenters. The Labute approximate surface area is 238 Å². The molecule has 2 aromatic heterocycles. The lowest BCUT2D eigenvalue weighted by molar-refractivity contribution is -0.385. The average molecular weight is 629 g/mol. The van der Waals surface area contributed by atoms with E-state index in [1.165, 1.54) is 30.5 Å². The van der Waals surface area contributed by atoms with Crippen molar-refractivity contribution in [2.24, 2.45) is 5.92 Å². The van der Waals surface area contributed by atoms with Crippen LogP contribution in [0, 0.1) is 16.0 Å². The number of benzene rings is 2. The van der Waals surface area contributed by atoms with Gasteiger partial charge in [-0.2, -0.15) is 0 Å². The fourth-order valence-corrected chi connectivity index (χ4v) is 5.92. The highest BCUT2D eigenvalue weighted by Gasteiger charge is 2.26. The number of nitro benzene ring substituents is 1. The lowest BCUT2D eigenvalue weighted by atomic mass is 9.94. The summed E-state index contributed by atoms with van der Waals surface area (Å²) >= 11 is 3.34. The van der Waals surface area contributed by atoms with Crippen LogP contribution in [0.2, 0.25) is 0 Å². The molecule has 2 N–H and O–H groups in total. The minimum absolute atomic E-state index is 0.0539. The van der Waals surface area contributed by atoms with E-state index in [1.807, 2.05) is 10.8 Å². The number of carbonyl (C=O) groups is 1. The summed E-state index contributed by atoms with van der Waals surface area (Å²) < 4.78 is 40.2. The van der Waals surface area contributed by atoms with Crippen molar-refractivity contribution in [2.75, 3.05) is 13.2 Å². The van der Waals surface area contributed by atoms with Gasteiger partial charge in [-0.3, -0.25) is 14.9 Å². The summed E-state index contributed by atoms with van der Waals surface area (Å²) in [4.78, 5) is 31.1. The zero-order valence-electron chi connectivity index (χ0n) is 21.1. The third kappa shape index (κ3) is 6.32. The van der Waals surface area contributed by atoms with Crippen molar-refractivity contribution >= 4 is 48.6 Å². The Bertz CT molecular complexity index is 1680. The number of rotatable bonds is 9. The number of ether oxygens (including phenoxy) is 2. The van der Waals surface area contributed by atoms with Crippen molar-refractivity contribution in [3.8, 4) is 11.5 Å². The standard InChI is InChI=1S/C27H25BrN4O7S/c28-20-6-8-23(25(13-20)39-21-12-19-9-10-29-26(19)30-15-21)27(33)31-40(36,37)22-7-5-18(24(14-22)32(34)35)4-3-17-2-1-11-38-16-17/h5-10,12-15,17H,1-4,11,16H2,(H,29,30)(H,31,33). The smallest absolute Gasteiger partial charge is 0.273 e. The van der Waals surface area contributed by atoms with Gasteiger partial charge in [-0.25, -0.2) is 18.1 Å². The van der Waals surface area contributed by atoms with E-state index < -0.39 is 20.9 Å². The largest absolute Gasteiger partial charge is 0.455 e. The van der Waals surface area contributed by atoms with E-state index >= 15 is 0 Å². The van der Waals surface area contributed by atoms with Gasteiger partial charge >= 0.3 is 0 Å². The number of aromatic amines is 1. The first-order chi connectivity index (χ1) is 19.2. The van der Waals surface area contributed by atoms with Crippen molar-refractivity contribution in [3.05, 3.63) is 86.6 Å². The molecule has 0 saturated carbocycles. The maximum atomic E-state index is 13.1. The fraction of sp³-hybridized carbons (Fsp3) is 0.259. The van der Waals surface area contributed by atoms with Crippen molar-refractivity contribution in [1.29, 1.82) is 0 Å². The Morgan fingerprint density at radius 3 is 2.85 bits per heavy atom. The summed E-state index contributed by atoms with van der Waals surface area (Å²) in [5.41, 5.74) is 0.723. The SMILES string of the molecule is O=C(NS(=O)(=O)c1ccc(CCC2CCCOC2)c([N+](=O)[O-])c1)c1ccc(Br)cc1Oc1cnc2[nH]ccc2c1. The lowest BCUT2D eigenvalue weighted by Gasteiger charge is -2.21. The number of amides is 1. The molecule has 11 nitrogen and oxygen atoms in total. The second-order valence-corrected chi connectivity index (χ2v) is 12.0. The second-order valence-electron chi connectivity index (χ2n) is 9.43. The molecule has 1 amide bonds. The van der Waals surface area contributed by atoms with E-state index in [0.29, 0.717) is 46.8 Å². The van der Waals surface area contributed by atoms with Crippen LogP contribution in [0.4, 0.5) is 5.69 Å². The molecule has 1 saturated heterocycles. The van der Waals surface area contributed by atoms with Gasteiger partial charge in [0.25, 0.3) is 21.6 Å². The summed E-state index contributed by atoms with van der Waals surface area (Å²) in [5.74, 6) is -0.221. The van der Waals surface area contributed by atoms with Gasteiger partial charge < -0.3 is 14.5 Å². The molecule has 0 spiro atoms. The Morgan fingerprint density at radius 2 is 2.08 bits per heavy atom. The molecule has 1 aliphatic heterocycles. The number of aryl methyl sites for hydroxylation is 1. The van der Waals surface area contributed by atoms with Crippen LogP contribution in [-0.2, 0) is 21.2 Å². The Balaban J connectivity index is 1.35. The monoisotopic (exact) mass is 628 g/mol. The molecule has 1 fully saturated rings. The normalized spacial score (nSPS) is 15.6. The molecule has 208 valence electrons. The number of nitro groups is 1. The minimum atomic E-state index is -4.44. The molecule has 40 heavy (non-hydrogen) atoms. The van der Waals surface area contributed by atoms with E-state index in [9.17, 15) is 23.3 Å². The molecule has 5 rings (SSSR count). The second kappa shape index (κ2) is 11.7. The van der Waals surface area contributed by atoms with Gasteiger partial charge in [0.05, 0.1) is 21.6 Å². The molecule has 0 aliphatic carbocycles. The number of nitrogens with one attached hydrogen (secondary N) is 2. The predicted octanol–water partition coefficient (Wildman–Crippen LogP) is 5.50. The van der Waals surface area contributed by atoms with E-state index in [4.69, 9.17) is 9.47 Å². The van der Waals surface area contributed by atoms with Gasteiger partial charge in [0, 0.05) is 40.9 Å². The summed E-state index contributed by atoms with van der Waals surface area (Å²) in [7, 11) is -4.44. The number of sulfonamides is 1. The Hall–Kier alpha value is -3.81. The highest BCUT2D eigenvalue weighted by atomic mass is 79.9. The minimum Gasteiger partial charge on any atom is -0.455 e. The van der Waals surface area contributed by atoms with Gasteiger partial charge in [0.15, 0.2) is 0 Å². The zero-order valence-corrected chi connectivity index (χ0v) is 23.5. The highest BCUT2D eigenvalue weighted by molar-refractivity contribution is 9.10. The van der Waals surface area contributed by atoms with Crippen LogP contribution in [0.1, 0.15) is 35.2 Å². The summed E-state index contributed by atoms with van der Waals surface area (Å²) in [6, 6.07) is 11.7. The van der Waals surface area contributed by atoms with E-state index in [0.717, 1.165) is 30.9 Å². The van der Waals surface area contributed by atoms with Crippen LogP contribution in [0.15, 0.2) is 70.3 Å². The van der Waals surface area contributed by atoms with Gasteiger partial charge in [-0.1, -0.05) is 22.0 Å². The van der Waals surface area contributed by atoms with Gasteiger partial charge in [0.2, 0.25) is 0 Å². The fourth-order valence-electron chi connectivity index (χ4n) is 4.59. The number of hydrogen-bond donors (Lipinski definition) is 2. The lowest BCUT2D eigenvalue weighted by Crippen LogP contribution is -2.31. The summed E-state index contributed by atoms with van der Waals surface area (Å²) in [6.07, 6.45) is 6.26. The van der Waals surface area contributed by atoms with Crippen LogP contribution in [0.25, 0.3) is 11.0 Å². The molecule has 1 aliphatic rings. The van der Waals surface area contributed by atoms with Crippen molar-refractivity contribution < 1.29 is 27.6 Å². The Morgan fingerprint density at radius 1 is 1.23 bits per heavy atom. The maximum absolute atomic E-state index is 13.1. The number of aromatic nitrogens is 2. The number of hydrogen-bond acceptors (Lipinski definition) is 8. The van der Waals surface area contributed by atoms with Crippen molar-refractivity contribution in [1.82, 2.24) is 14.7 Å². The van der Waals surface area contributed by atoms with Gasteiger partial charge in [-0.15, -0.1) is 0 Å². The van der Waals surface area contributed by atoms with Crippen LogP contribution in [0.5, 0.6) is 11.5 Å². The van der Waals surface area contributed by atoms with Gasteiger partial charge in [0.1, 0.15) is 17.1 Å². The third-order valence-electron chi connectivity index (χ3n) is 6.66. The van der Waals surface area contributed by atoms with Crippen LogP contribution >= 0.6 is 15.9 Å². The number of fused-ring (bicyclic) bond motifs is 1. The highest BCUT2D eigenvalue weighted by Crippen LogP contribution is 2.31. The first-order valence-electron chi connectivity index (χ1n) is 12.5. The molecule has 2 aromatic carbocycles. The number of carbonyl (C=O) groups excluding carboxylic acids is 1. The third-order valence-corrected chi connectivity index (χ3v) is 8.48. The molecule has 4 aromatic rings. The number of H-pyrrole nitrogens is 1. The number of pyridine rings is 1. The predicted molar refractivity (Wildman–Crippen MR) is 150 cm³/mol.